The van der Waals surface area contributed by atoms with Crippen molar-refractivity contribution in [2.45, 2.75) is 38.3 Å². The van der Waals surface area contributed by atoms with Crippen molar-refractivity contribution >= 4 is 10.8 Å². The van der Waals surface area contributed by atoms with Gasteiger partial charge in [0.1, 0.15) is 57.6 Å². The molecule has 0 radical (unpaired) electrons. The molecule has 5 aromatic carbocycles. The molecule has 5 rings (SSSR count). The molecular formula is C34H18F14O2. The third-order valence-corrected chi connectivity index (χ3v) is 7.33. The zero-order valence-electron chi connectivity index (χ0n) is 24.9. The number of benzene rings is 5. The third kappa shape index (κ3) is 7.20. The first-order valence-electron chi connectivity index (χ1n) is 14.1. The monoisotopic (exact) mass is 724 g/mol. The standard InChI is InChI=1S/C34H18F14O2/c1-2-3-15-4-6-20-16(8-15)5-7-21(31(20)41)17-9-24(37)29(25(38)10-17)32(42,43)49-19-13-22(35)28(23(36)14-19)18-11-26(39)30(27(40)12-18)33(44,45)50-34(46,47)48/h4-14H,2-3H2,1H3. The Hall–Kier alpha value is -4.86. The summed E-state index contributed by atoms with van der Waals surface area (Å²) in [6.45, 7) is 1.94. The van der Waals surface area contributed by atoms with Crippen LogP contribution >= 0.6 is 0 Å². The zero-order valence-corrected chi connectivity index (χ0v) is 24.9. The minimum absolute atomic E-state index is 0.0159. The Balaban J connectivity index is 1.45. The molecule has 0 aliphatic carbocycles. The fraction of sp³-hybridized carbons (Fsp3) is 0.176. The van der Waals surface area contributed by atoms with Crippen LogP contribution in [0.5, 0.6) is 5.75 Å². The summed E-state index contributed by atoms with van der Waals surface area (Å²) in [5, 5.41) is 0.563. The van der Waals surface area contributed by atoms with Gasteiger partial charge in [0, 0.05) is 23.1 Å². The highest BCUT2D eigenvalue weighted by Crippen LogP contribution is 2.43. The summed E-state index contributed by atoms with van der Waals surface area (Å²) in [4.78, 5) is 0. The molecule has 2 nitrogen and oxygen atoms in total. The van der Waals surface area contributed by atoms with E-state index in [-0.39, 0.29) is 35.2 Å². The van der Waals surface area contributed by atoms with Crippen LogP contribution in [-0.4, -0.2) is 6.36 Å². The molecule has 0 aliphatic heterocycles. The van der Waals surface area contributed by atoms with Crippen molar-refractivity contribution < 1.29 is 70.9 Å². The quantitative estimate of drug-likeness (QED) is 0.141. The highest BCUT2D eigenvalue weighted by molar-refractivity contribution is 5.89. The summed E-state index contributed by atoms with van der Waals surface area (Å²) >= 11 is 0. The summed E-state index contributed by atoms with van der Waals surface area (Å²) in [7, 11) is 0. The number of halogens is 14. The van der Waals surface area contributed by atoms with Crippen LogP contribution in [0.15, 0.2) is 66.7 Å². The SMILES string of the molecule is CCCc1ccc2c(F)c(-c3cc(F)c(C(F)(F)Oc4cc(F)c(-c5cc(F)c(C(F)(F)OC(F)(F)F)c(F)c5)c(F)c4)c(F)c3)ccc2c1. The Morgan fingerprint density at radius 2 is 1.08 bits per heavy atom. The van der Waals surface area contributed by atoms with Crippen LogP contribution < -0.4 is 4.74 Å². The number of hydrogen-bond acceptors (Lipinski definition) is 2. The molecule has 0 amide bonds. The molecule has 0 spiro atoms. The molecule has 50 heavy (non-hydrogen) atoms. The van der Waals surface area contributed by atoms with Crippen molar-refractivity contribution in [2.75, 3.05) is 0 Å². The Labute approximate surface area is 272 Å². The summed E-state index contributed by atoms with van der Waals surface area (Å²) in [5.41, 5.74) is -7.16. The fourth-order valence-corrected chi connectivity index (χ4v) is 5.29. The molecule has 0 bridgehead atoms. The maximum atomic E-state index is 15.4. The van der Waals surface area contributed by atoms with Gasteiger partial charge in [0.2, 0.25) is 0 Å². The van der Waals surface area contributed by atoms with E-state index in [0.29, 0.717) is 23.9 Å². The van der Waals surface area contributed by atoms with Crippen molar-refractivity contribution in [3.63, 3.8) is 0 Å². The maximum Gasteiger partial charge on any atom is 0.527 e. The molecule has 0 saturated heterocycles. The van der Waals surface area contributed by atoms with Crippen LogP contribution in [0.4, 0.5) is 61.5 Å². The van der Waals surface area contributed by atoms with Gasteiger partial charge in [-0.25, -0.2) is 35.5 Å². The minimum atomic E-state index is -6.06. The Kier molecular flexibility index (Phi) is 9.55. The first-order chi connectivity index (χ1) is 23.2. The van der Waals surface area contributed by atoms with Gasteiger partial charge < -0.3 is 4.74 Å². The van der Waals surface area contributed by atoms with Gasteiger partial charge in [-0.3, -0.25) is 0 Å². The molecule has 264 valence electrons. The smallest absolute Gasteiger partial charge is 0.429 e. The highest BCUT2D eigenvalue weighted by atomic mass is 19.4. The van der Waals surface area contributed by atoms with Gasteiger partial charge >= 0.3 is 18.6 Å². The lowest BCUT2D eigenvalue weighted by molar-refractivity contribution is -0.432. The number of alkyl halides is 7. The highest BCUT2D eigenvalue weighted by Gasteiger charge is 2.49. The van der Waals surface area contributed by atoms with Crippen LogP contribution in [0.2, 0.25) is 0 Å². The average Bonchev–Trinajstić information content (AvgIpc) is 2.94. The molecule has 0 unspecified atom stereocenters. The van der Waals surface area contributed by atoms with Crippen molar-refractivity contribution in [1.29, 1.82) is 0 Å². The lowest BCUT2D eigenvalue weighted by Gasteiger charge is -2.21. The van der Waals surface area contributed by atoms with Gasteiger partial charge in [0.15, 0.2) is 0 Å². The van der Waals surface area contributed by atoms with Gasteiger partial charge in [-0.15, -0.1) is 13.2 Å². The van der Waals surface area contributed by atoms with Gasteiger partial charge in [-0.1, -0.05) is 43.7 Å². The van der Waals surface area contributed by atoms with Crippen LogP contribution in [0.25, 0.3) is 33.0 Å². The summed E-state index contributed by atoms with van der Waals surface area (Å²) in [6.07, 6.45) is -15.1. The molecule has 0 saturated carbocycles. The average molecular weight is 724 g/mol. The van der Waals surface area contributed by atoms with E-state index in [4.69, 9.17) is 0 Å². The van der Waals surface area contributed by atoms with Crippen molar-refractivity contribution in [2.24, 2.45) is 0 Å². The van der Waals surface area contributed by atoms with E-state index in [2.05, 4.69) is 9.47 Å². The number of fused-ring (bicyclic) bond motifs is 1. The van der Waals surface area contributed by atoms with Gasteiger partial charge in [0.05, 0.1) is 5.56 Å². The van der Waals surface area contributed by atoms with E-state index < -0.39 is 92.9 Å². The zero-order chi connectivity index (χ0) is 36.9. The van der Waals surface area contributed by atoms with E-state index in [0.717, 1.165) is 12.0 Å². The lowest BCUT2D eigenvalue weighted by atomic mass is 9.97. The van der Waals surface area contributed by atoms with Gasteiger partial charge in [0.25, 0.3) is 0 Å². The molecule has 0 N–H and O–H groups in total. The van der Waals surface area contributed by atoms with Gasteiger partial charge in [-0.2, -0.15) is 17.6 Å². The summed E-state index contributed by atoms with van der Waals surface area (Å²) < 4.78 is 205. The Morgan fingerprint density at radius 1 is 0.560 bits per heavy atom. The maximum absolute atomic E-state index is 15.4. The Bertz CT molecular complexity index is 2040. The summed E-state index contributed by atoms with van der Waals surface area (Å²) in [6, 6.07) is 7.86. The van der Waals surface area contributed by atoms with Crippen LogP contribution in [0.3, 0.4) is 0 Å². The number of rotatable bonds is 9. The predicted octanol–water partition coefficient (Wildman–Crippen LogP) is 11.8. The van der Waals surface area contributed by atoms with E-state index in [9.17, 15) is 39.5 Å². The first kappa shape index (κ1) is 36.4. The van der Waals surface area contributed by atoms with Crippen molar-refractivity contribution in [3.05, 3.63) is 124 Å². The predicted molar refractivity (Wildman–Crippen MR) is 151 cm³/mol. The minimum Gasteiger partial charge on any atom is -0.429 e. The van der Waals surface area contributed by atoms with Gasteiger partial charge in [-0.05, 0) is 52.8 Å². The van der Waals surface area contributed by atoms with Crippen molar-refractivity contribution in [3.8, 4) is 28.0 Å². The molecule has 0 aliphatic rings. The van der Waals surface area contributed by atoms with Crippen LogP contribution in [0, 0.1) is 40.7 Å². The molecule has 5 aromatic rings. The number of aryl methyl sites for hydroxylation is 1. The third-order valence-electron chi connectivity index (χ3n) is 7.33. The van der Waals surface area contributed by atoms with E-state index in [1.807, 2.05) is 6.92 Å². The van der Waals surface area contributed by atoms with Crippen LogP contribution in [-0.2, 0) is 23.4 Å². The van der Waals surface area contributed by atoms with Crippen molar-refractivity contribution in [1.82, 2.24) is 0 Å². The second kappa shape index (κ2) is 13.1. The second-order valence-electron chi connectivity index (χ2n) is 10.8. The second-order valence-corrected chi connectivity index (χ2v) is 10.8. The fourth-order valence-electron chi connectivity index (χ4n) is 5.29. The Morgan fingerprint density at radius 3 is 1.60 bits per heavy atom. The summed E-state index contributed by atoms with van der Waals surface area (Å²) in [5.74, 6) is -14.9. The number of ether oxygens (including phenoxy) is 2. The molecule has 0 fully saturated rings. The molecule has 16 heteroatoms. The van der Waals surface area contributed by atoms with E-state index in [1.54, 1.807) is 12.1 Å². The molecule has 0 aromatic heterocycles. The molecule has 0 atom stereocenters. The normalized spacial score (nSPS) is 12.5. The lowest BCUT2D eigenvalue weighted by Crippen LogP contribution is -2.29. The first-order valence-corrected chi connectivity index (χ1v) is 14.1. The molecule has 0 heterocycles. The van der Waals surface area contributed by atoms with Crippen LogP contribution in [0.1, 0.15) is 30.0 Å². The van der Waals surface area contributed by atoms with E-state index in [1.165, 1.54) is 18.2 Å². The topological polar surface area (TPSA) is 18.5 Å². The van der Waals surface area contributed by atoms with E-state index >= 15 is 22.0 Å². The molecular weight excluding hydrogens is 706 g/mol. The largest absolute Gasteiger partial charge is 0.527 e. The number of hydrogen-bond donors (Lipinski definition) is 0.